The van der Waals surface area contributed by atoms with Crippen LogP contribution in [0.25, 0.3) is 11.1 Å². The lowest BCUT2D eigenvalue weighted by molar-refractivity contribution is -0.225. The Morgan fingerprint density at radius 1 is 0.857 bits per heavy atom. The van der Waals surface area contributed by atoms with Crippen molar-refractivity contribution in [2.75, 3.05) is 0 Å². The van der Waals surface area contributed by atoms with Crippen molar-refractivity contribution in [3.63, 3.8) is 0 Å². The molecule has 0 atom stereocenters. The minimum atomic E-state index is -4.43. The first kappa shape index (κ1) is 13.8. The van der Waals surface area contributed by atoms with Gasteiger partial charge in [-0.1, -0.05) is 42.5 Å². The highest BCUT2D eigenvalue weighted by atomic mass is 19.3. The summed E-state index contributed by atoms with van der Waals surface area (Å²) in [7, 11) is 0. The van der Waals surface area contributed by atoms with Gasteiger partial charge in [-0.2, -0.15) is 17.6 Å². The summed E-state index contributed by atoms with van der Waals surface area (Å²) in [5.74, 6) is -9.46. The standard InChI is InChI=1S/C16H10F4O/c1-9(21)10-6-4-7-12-11-5-2-3-8-13(11)15(17,18)16(19,20)14(10)12/h2-8H,1H3. The quantitative estimate of drug-likeness (QED) is 0.548. The third kappa shape index (κ3) is 1.66. The molecular formula is C16H10F4O. The third-order valence-electron chi connectivity index (χ3n) is 3.71. The number of ketones is 1. The van der Waals surface area contributed by atoms with Gasteiger partial charge in [-0.3, -0.25) is 4.79 Å². The number of rotatable bonds is 1. The van der Waals surface area contributed by atoms with Gasteiger partial charge in [0, 0.05) is 16.7 Å². The summed E-state index contributed by atoms with van der Waals surface area (Å²) in [6.45, 7) is 1.09. The summed E-state index contributed by atoms with van der Waals surface area (Å²) in [5.41, 5.74) is -1.96. The van der Waals surface area contributed by atoms with Crippen LogP contribution in [0.5, 0.6) is 0 Å². The molecular weight excluding hydrogens is 284 g/mol. The van der Waals surface area contributed by atoms with Crippen molar-refractivity contribution >= 4 is 5.78 Å². The fourth-order valence-corrected chi connectivity index (χ4v) is 2.73. The normalized spacial score (nSPS) is 17.8. The van der Waals surface area contributed by atoms with E-state index in [9.17, 15) is 22.4 Å². The molecule has 0 unspecified atom stereocenters. The number of halogens is 4. The first-order valence-corrected chi connectivity index (χ1v) is 6.28. The van der Waals surface area contributed by atoms with Crippen LogP contribution in [0.2, 0.25) is 0 Å². The van der Waals surface area contributed by atoms with Gasteiger partial charge in [0.05, 0.1) is 0 Å². The first-order chi connectivity index (χ1) is 9.78. The molecule has 1 nitrogen and oxygen atoms in total. The number of carbonyl (C=O) groups excluding carboxylic acids is 1. The van der Waals surface area contributed by atoms with E-state index in [0.717, 1.165) is 19.1 Å². The predicted molar refractivity (Wildman–Crippen MR) is 69.7 cm³/mol. The van der Waals surface area contributed by atoms with Crippen LogP contribution in [0.3, 0.4) is 0 Å². The van der Waals surface area contributed by atoms with Crippen LogP contribution in [0.15, 0.2) is 42.5 Å². The van der Waals surface area contributed by atoms with Gasteiger partial charge in [0.1, 0.15) is 0 Å². The molecule has 0 radical (unpaired) electrons. The summed E-state index contributed by atoms with van der Waals surface area (Å²) >= 11 is 0. The minimum Gasteiger partial charge on any atom is -0.294 e. The van der Waals surface area contributed by atoms with Crippen molar-refractivity contribution in [2.24, 2.45) is 0 Å². The second kappa shape index (κ2) is 4.16. The molecule has 0 aliphatic heterocycles. The molecule has 0 saturated carbocycles. The third-order valence-corrected chi connectivity index (χ3v) is 3.71. The largest absolute Gasteiger partial charge is 0.341 e. The van der Waals surface area contributed by atoms with E-state index in [0.29, 0.717) is 0 Å². The lowest BCUT2D eigenvalue weighted by Crippen LogP contribution is -2.40. The molecule has 0 bridgehead atoms. The number of carbonyl (C=O) groups is 1. The minimum absolute atomic E-state index is 0.0192. The molecule has 1 aliphatic carbocycles. The molecule has 0 amide bonds. The van der Waals surface area contributed by atoms with E-state index in [2.05, 4.69) is 0 Å². The smallest absolute Gasteiger partial charge is 0.294 e. The number of Topliss-reactive ketones (excluding diaryl/α,β-unsaturated/α-hetero) is 1. The van der Waals surface area contributed by atoms with Crippen molar-refractivity contribution in [2.45, 2.75) is 18.8 Å². The molecule has 108 valence electrons. The maximum absolute atomic E-state index is 14.4. The Balaban J connectivity index is 2.48. The molecule has 2 aromatic rings. The van der Waals surface area contributed by atoms with Crippen LogP contribution in [-0.4, -0.2) is 5.78 Å². The summed E-state index contributed by atoms with van der Waals surface area (Å²) in [5, 5.41) is 0. The molecule has 0 spiro atoms. The van der Waals surface area contributed by atoms with Crippen molar-refractivity contribution in [3.05, 3.63) is 59.2 Å². The molecule has 0 saturated heterocycles. The fourth-order valence-electron chi connectivity index (χ4n) is 2.73. The van der Waals surface area contributed by atoms with E-state index in [1.54, 1.807) is 0 Å². The van der Waals surface area contributed by atoms with Crippen molar-refractivity contribution in [3.8, 4) is 11.1 Å². The Morgan fingerprint density at radius 3 is 2.14 bits per heavy atom. The zero-order valence-corrected chi connectivity index (χ0v) is 11.0. The predicted octanol–water partition coefficient (Wildman–Crippen LogP) is 4.75. The maximum Gasteiger partial charge on any atom is 0.341 e. The Labute approximate surface area is 118 Å². The highest BCUT2D eigenvalue weighted by Gasteiger charge is 2.63. The van der Waals surface area contributed by atoms with Gasteiger partial charge in [-0.15, -0.1) is 0 Å². The summed E-state index contributed by atoms with van der Waals surface area (Å²) in [4.78, 5) is 11.5. The van der Waals surface area contributed by atoms with Crippen molar-refractivity contribution in [1.29, 1.82) is 0 Å². The van der Waals surface area contributed by atoms with Gasteiger partial charge >= 0.3 is 11.8 Å². The number of fused-ring (bicyclic) bond motifs is 3. The van der Waals surface area contributed by atoms with Crippen molar-refractivity contribution in [1.82, 2.24) is 0 Å². The molecule has 0 N–H and O–H groups in total. The fraction of sp³-hybridized carbons (Fsp3) is 0.188. The first-order valence-electron chi connectivity index (χ1n) is 6.28. The average Bonchev–Trinajstić information content (AvgIpc) is 2.45. The lowest BCUT2D eigenvalue weighted by Gasteiger charge is -2.35. The summed E-state index contributed by atoms with van der Waals surface area (Å²) in [6.07, 6.45) is 0. The molecule has 0 aromatic heterocycles. The maximum atomic E-state index is 14.4. The van der Waals surface area contributed by atoms with Gasteiger partial charge in [-0.05, 0) is 18.1 Å². The summed E-state index contributed by atoms with van der Waals surface area (Å²) < 4.78 is 57.2. The number of benzene rings is 2. The average molecular weight is 294 g/mol. The monoisotopic (exact) mass is 294 g/mol. The summed E-state index contributed by atoms with van der Waals surface area (Å²) in [6, 6.07) is 9.06. The molecule has 5 heteroatoms. The second-order valence-electron chi connectivity index (χ2n) is 4.98. The van der Waals surface area contributed by atoms with Gasteiger partial charge in [0.15, 0.2) is 5.78 Å². The number of alkyl halides is 4. The van der Waals surface area contributed by atoms with E-state index < -0.39 is 28.8 Å². The molecule has 2 aromatic carbocycles. The Bertz CT molecular complexity index is 750. The van der Waals surface area contributed by atoms with E-state index >= 15 is 0 Å². The van der Waals surface area contributed by atoms with Gasteiger partial charge in [0.25, 0.3) is 0 Å². The van der Waals surface area contributed by atoms with E-state index in [4.69, 9.17) is 0 Å². The van der Waals surface area contributed by atoms with E-state index in [-0.39, 0.29) is 16.7 Å². The van der Waals surface area contributed by atoms with Crippen LogP contribution in [0.1, 0.15) is 28.4 Å². The molecule has 21 heavy (non-hydrogen) atoms. The molecule has 0 fully saturated rings. The van der Waals surface area contributed by atoms with Gasteiger partial charge in [0.2, 0.25) is 0 Å². The second-order valence-corrected chi connectivity index (χ2v) is 4.98. The molecule has 0 heterocycles. The highest BCUT2D eigenvalue weighted by molar-refractivity contribution is 5.98. The van der Waals surface area contributed by atoms with Crippen molar-refractivity contribution < 1.29 is 22.4 Å². The SMILES string of the molecule is CC(=O)c1cccc2c1C(F)(F)C(F)(F)c1ccccc1-2. The number of hydrogen-bond acceptors (Lipinski definition) is 1. The Hall–Kier alpha value is -2.17. The molecule has 3 rings (SSSR count). The Morgan fingerprint density at radius 2 is 1.48 bits per heavy atom. The Kier molecular flexibility index (Phi) is 2.74. The van der Waals surface area contributed by atoms with Gasteiger partial charge in [-0.25, -0.2) is 0 Å². The zero-order valence-electron chi connectivity index (χ0n) is 11.0. The van der Waals surface area contributed by atoms with E-state index in [1.165, 1.54) is 30.3 Å². The molecule has 1 aliphatic rings. The van der Waals surface area contributed by atoms with E-state index in [1.807, 2.05) is 0 Å². The van der Waals surface area contributed by atoms with Gasteiger partial charge < -0.3 is 0 Å². The lowest BCUT2D eigenvalue weighted by atomic mass is 9.78. The number of hydrogen-bond donors (Lipinski definition) is 0. The highest BCUT2D eigenvalue weighted by Crippen LogP contribution is 2.58. The van der Waals surface area contributed by atoms with Crippen LogP contribution in [0, 0.1) is 0 Å². The van der Waals surface area contributed by atoms with Crippen LogP contribution < -0.4 is 0 Å². The van der Waals surface area contributed by atoms with Crippen LogP contribution in [-0.2, 0) is 11.8 Å². The van der Waals surface area contributed by atoms with Crippen LogP contribution >= 0.6 is 0 Å². The van der Waals surface area contributed by atoms with Crippen LogP contribution in [0.4, 0.5) is 17.6 Å². The topological polar surface area (TPSA) is 17.1 Å². The zero-order chi connectivity index (χ0) is 15.4.